The van der Waals surface area contributed by atoms with Gasteiger partial charge in [0.05, 0.1) is 16.7 Å². The normalized spacial score (nSPS) is 11.1. The first-order valence-electron chi connectivity index (χ1n) is 6.36. The van der Waals surface area contributed by atoms with Crippen LogP contribution in [-0.2, 0) is 0 Å². The van der Waals surface area contributed by atoms with Crippen LogP contribution in [0.25, 0.3) is 11.0 Å². The van der Waals surface area contributed by atoms with Gasteiger partial charge in [-0.05, 0) is 32.6 Å². The Morgan fingerprint density at radius 1 is 1.17 bits per heavy atom. The number of para-hydroxylation sites is 2. The second-order valence-electron chi connectivity index (χ2n) is 4.47. The lowest BCUT2D eigenvalue weighted by atomic mass is 10.3. The molecule has 1 aromatic carbocycles. The lowest BCUT2D eigenvalue weighted by Crippen LogP contribution is -2.25. The Morgan fingerprint density at radius 3 is 2.50 bits per heavy atom. The van der Waals surface area contributed by atoms with Crippen molar-refractivity contribution in [1.29, 1.82) is 0 Å². The van der Waals surface area contributed by atoms with E-state index in [1.54, 1.807) is 0 Å². The molecule has 0 atom stereocenters. The molecule has 0 fully saturated rings. The number of hydrogen-bond acceptors (Lipinski definition) is 4. The molecule has 0 aliphatic carbocycles. The predicted octanol–water partition coefficient (Wildman–Crippen LogP) is 2.30. The number of likely N-dealkylation sites (N-methyl/N-ethyl adjacent to an activating group) is 1. The summed E-state index contributed by atoms with van der Waals surface area (Å²) in [5.74, 6) is 0.887. The van der Waals surface area contributed by atoms with Gasteiger partial charge in [0.1, 0.15) is 5.82 Å². The number of hydrogen-bond donors (Lipinski definition) is 1. The second kappa shape index (κ2) is 5.78. The first-order valence-corrected chi connectivity index (χ1v) is 6.36. The Bertz CT molecular complexity index is 524. The van der Waals surface area contributed by atoms with Crippen LogP contribution in [0.15, 0.2) is 24.3 Å². The summed E-state index contributed by atoms with van der Waals surface area (Å²) < 4.78 is 0. The number of nitrogens with zero attached hydrogens (tertiary/aromatic N) is 3. The molecule has 4 heteroatoms. The van der Waals surface area contributed by atoms with Crippen molar-refractivity contribution in [2.45, 2.75) is 13.8 Å². The smallest absolute Gasteiger partial charge is 0.148 e. The number of anilines is 1. The highest BCUT2D eigenvalue weighted by Crippen LogP contribution is 2.15. The Hall–Kier alpha value is -1.68. The number of aryl methyl sites for hydroxylation is 1. The second-order valence-corrected chi connectivity index (χ2v) is 4.47. The molecule has 96 valence electrons. The lowest BCUT2D eigenvalue weighted by molar-refractivity contribution is 0.367. The maximum Gasteiger partial charge on any atom is 0.148 e. The van der Waals surface area contributed by atoms with Crippen LogP contribution >= 0.6 is 0 Å². The van der Waals surface area contributed by atoms with E-state index in [1.807, 2.05) is 31.2 Å². The van der Waals surface area contributed by atoms with E-state index in [4.69, 9.17) is 0 Å². The molecule has 0 bridgehead atoms. The third-order valence-electron chi connectivity index (χ3n) is 3.07. The summed E-state index contributed by atoms with van der Waals surface area (Å²) in [6.07, 6.45) is 0. The number of aromatic nitrogens is 2. The van der Waals surface area contributed by atoms with Crippen LogP contribution in [0.3, 0.4) is 0 Å². The van der Waals surface area contributed by atoms with Crippen molar-refractivity contribution in [1.82, 2.24) is 14.9 Å². The summed E-state index contributed by atoms with van der Waals surface area (Å²) in [6, 6.07) is 7.95. The Morgan fingerprint density at radius 2 is 1.83 bits per heavy atom. The standard InChI is InChI=1S/C14H20N4/c1-4-18(3)10-9-15-14-11(2)16-12-7-5-6-8-13(12)17-14/h5-8H,4,9-10H2,1-3H3,(H,15,17). The first-order chi connectivity index (χ1) is 8.70. The van der Waals surface area contributed by atoms with E-state index in [1.165, 1.54) is 0 Å². The van der Waals surface area contributed by atoms with E-state index in [0.29, 0.717) is 0 Å². The highest BCUT2D eigenvalue weighted by molar-refractivity contribution is 5.76. The number of nitrogens with one attached hydrogen (secondary N) is 1. The molecular weight excluding hydrogens is 224 g/mol. The van der Waals surface area contributed by atoms with Gasteiger partial charge in [0.25, 0.3) is 0 Å². The van der Waals surface area contributed by atoms with Crippen LogP contribution < -0.4 is 5.32 Å². The van der Waals surface area contributed by atoms with Crippen molar-refractivity contribution < 1.29 is 0 Å². The SMILES string of the molecule is CCN(C)CCNc1nc2ccccc2nc1C. The molecular formula is C14H20N4. The maximum absolute atomic E-state index is 4.61. The van der Waals surface area contributed by atoms with Crippen molar-refractivity contribution in [3.05, 3.63) is 30.0 Å². The topological polar surface area (TPSA) is 41.0 Å². The molecule has 0 amide bonds. The third-order valence-corrected chi connectivity index (χ3v) is 3.07. The van der Waals surface area contributed by atoms with E-state index >= 15 is 0 Å². The van der Waals surface area contributed by atoms with Crippen molar-refractivity contribution in [3.8, 4) is 0 Å². The predicted molar refractivity (Wildman–Crippen MR) is 75.9 cm³/mol. The van der Waals surface area contributed by atoms with Crippen LogP contribution in [0, 0.1) is 6.92 Å². The molecule has 1 heterocycles. The van der Waals surface area contributed by atoms with Gasteiger partial charge in [-0.3, -0.25) is 0 Å². The van der Waals surface area contributed by atoms with Gasteiger partial charge in [-0.25, -0.2) is 9.97 Å². The zero-order chi connectivity index (χ0) is 13.0. The summed E-state index contributed by atoms with van der Waals surface area (Å²) in [5.41, 5.74) is 2.84. The van der Waals surface area contributed by atoms with Gasteiger partial charge in [-0.1, -0.05) is 19.1 Å². The van der Waals surface area contributed by atoms with Gasteiger partial charge in [-0.15, -0.1) is 0 Å². The fourth-order valence-corrected chi connectivity index (χ4v) is 1.78. The minimum Gasteiger partial charge on any atom is -0.367 e. The molecule has 4 nitrogen and oxygen atoms in total. The Balaban J connectivity index is 2.10. The van der Waals surface area contributed by atoms with Gasteiger partial charge in [0.2, 0.25) is 0 Å². The Kier molecular flexibility index (Phi) is 4.10. The van der Waals surface area contributed by atoms with Crippen molar-refractivity contribution in [3.63, 3.8) is 0 Å². The zero-order valence-corrected chi connectivity index (χ0v) is 11.3. The molecule has 0 spiro atoms. The van der Waals surface area contributed by atoms with E-state index in [0.717, 1.165) is 42.2 Å². The van der Waals surface area contributed by atoms with Crippen molar-refractivity contribution >= 4 is 16.9 Å². The molecule has 18 heavy (non-hydrogen) atoms. The highest BCUT2D eigenvalue weighted by atomic mass is 15.1. The van der Waals surface area contributed by atoms with Gasteiger partial charge in [0.15, 0.2) is 0 Å². The summed E-state index contributed by atoms with van der Waals surface area (Å²) >= 11 is 0. The highest BCUT2D eigenvalue weighted by Gasteiger charge is 2.04. The lowest BCUT2D eigenvalue weighted by Gasteiger charge is -2.15. The van der Waals surface area contributed by atoms with E-state index in [-0.39, 0.29) is 0 Å². The monoisotopic (exact) mass is 244 g/mol. The summed E-state index contributed by atoms with van der Waals surface area (Å²) in [4.78, 5) is 11.4. The molecule has 0 aliphatic rings. The average Bonchev–Trinajstić information content (AvgIpc) is 2.39. The molecule has 2 rings (SSSR count). The fraction of sp³-hybridized carbons (Fsp3) is 0.429. The number of benzene rings is 1. The maximum atomic E-state index is 4.61. The Labute approximate surface area is 108 Å². The largest absolute Gasteiger partial charge is 0.367 e. The minimum absolute atomic E-state index is 0.887. The van der Waals surface area contributed by atoms with E-state index in [9.17, 15) is 0 Å². The van der Waals surface area contributed by atoms with E-state index < -0.39 is 0 Å². The molecule has 0 unspecified atom stereocenters. The van der Waals surface area contributed by atoms with Crippen molar-refractivity contribution in [2.75, 3.05) is 32.0 Å². The van der Waals surface area contributed by atoms with E-state index in [2.05, 4.69) is 34.2 Å². The van der Waals surface area contributed by atoms with Crippen molar-refractivity contribution in [2.24, 2.45) is 0 Å². The zero-order valence-electron chi connectivity index (χ0n) is 11.3. The van der Waals surface area contributed by atoms with Gasteiger partial charge in [0, 0.05) is 13.1 Å². The van der Waals surface area contributed by atoms with Crippen LogP contribution in [0.1, 0.15) is 12.6 Å². The summed E-state index contributed by atoms with van der Waals surface area (Å²) in [7, 11) is 2.11. The molecule has 0 radical (unpaired) electrons. The van der Waals surface area contributed by atoms with Crippen LogP contribution in [-0.4, -0.2) is 41.5 Å². The van der Waals surface area contributed by atoms with Gasteiger partial charge in [-0.2, -0.15) is 0 Å². The van der Waals surface area contributed by atoms with Gasteiger partial charge < -0.3 is 10.2 Å². The number of fused-ring (bicyclic) bond motifs is 1. The average molecular weight is 244 g/mol. The van der Waals surface area contributed by atoms with Gasteiger partial charge >= 0.3 is 0 Å². The molecule has 0 saturated heterocycles. The summed E-state index contributed by atoms with van der Waals surface area (Å²) in [5, 5.41) is 3.36. The molecule has 1 N–H and O–H groups in total. The van der Waals surface area contributed by atoms with Crippen LogP contribution in [0.5, 0.6) is 0 Å². The van der Waals surface area contributed by atoms with Crippen LogP contribution in [0.4, 0.5) is 5.82 Å². The molecule has 1 aromatic heterocycles. The fourth-order valence-electron chi connectivity index (χ4n) is 1.78. The number of rotatable bonds is 5. The minimum atomic E-state index is 0.887. The molecule has 0 saturated carbocycles. The summed E-state index contributed by atoms with van der Waals surface area (Å²) in [6.45, 7) is 7.10. The third kappa shape index (κ3) is 2.96. The quantitative estimate of drug-likeness (QED) is 0.876. The molecule has 0 aliphatic heterocycles. The molecule has 2 aromatic rings. The first kappa shape index (κ1) is 12.8. The van der Waals surface area contributed by atoms with Crippen LogP contribution in [0.2, 0.25) is 0 Å².